The number of nitro groups is 1. The van der Waals surface area contributed by atoms with Crippen LogP contribution in [0.2, 0.25) is 0 Å². The number of nitrogens with zero attached hydrogens (tertiary/aromatic N) is 3. The fourth-order valence-electron chi connectivity index (χ4n) is 2.97. The SMILES string of the molecule is CCc1cccc(Nc2ccc([N+](=O)[O-])c(NCCN3CCOCC3)n2)c1. The summed E-state index contributed by atoms with van der Waals surface area (Å²) in [7, 11) is 0. The third-order valence-corrected chi connectivity index (χ3v) is 4.50. The molecule has 0 bridgehead atoms. The summed E-state index contributed by atoms with van der Waals surface area (Å²) in [6, 6.07) is 11.2. The van der Waals surface area contributed by atoms with Crippen LogP contribution in [-0.2, 0) is 11.2 Å². The molecule has 0 amide bonds. The number of ether oxygens (including phenoxy) is 1. The molecule has 1 aliphatic heterocycles. The fraction of sp³-hybridized carbons (Fsp3) is 0.421. The van der Waals surface area contributed by atoms with Crippen molar-refractivity contribution in [3.63, 3.8) is 0 Å². The molecule has 0 aliphatic carbocycles. The van der Waals surface area contributed by atoms with Crippen molar-refractivity contribution in [2.45, 2.75) is 13.3 Å². The lowest BCUT2D eigenvalue weighted by atomic mass is 10.1. The summed E-state index contributed by atoms with van der Waals surface area (Å²) in [4.78, 5) is 17.6. The number of rotatable bonds is 8. The number of pyridine rings is 1. The second kappa shape index (κ2) is 9.29. The molecule has 1 aliphatic rings. The number of aryl methyl sites for hydroxylation is 1. The van der Waals surface area contributed by atoms with Crippen molar-refractivity contribution in [1.82, 2.24) is 9.88 Å². The zero-order chi connectivity index (χ0) is 19.1. The lowest BCUT2D eigenvalue weighted by Gasteiger charge is -2.26. The first-order valence-electron chi connectivity index (χ1n) is 9.21. The van der Waals surface area contributed by atoms with E-state index >= 15 is 0 Å². The fourth-order valence-corrected chi connectivity index (χ4v) is 2.97. The molecular formula is C19H25N5O3. The minimum atomic E-state index is -0.411. The van der Waals surface area contributed by atoms with Crippen molar-refractivity contribution in [1.29, 1.82) is 0 Å². The van der Waals surface area contributed by atoms with E-state index in [9.17, 15) is 10.1 Å². The topological polar surface area (TPSA) is 92.6 Å². The lowest BCUT2D eigenvalue weighted by molar-refractivity contribution is -0.384. The van der Waals surface area contributed by atoms with Crippen LogP contribution in [0.3, 0.4) is 0 Å². The van der Waals surface area contributed by atoms with Gasteiger partial charge in [-0.25, -0.2) is 4.98 Å². The van der Waals surface area contributed by atoms with Crippen LogP contribution in [0.25, 0.3) is 0 Å². The molecule has 144 valence electrons. The Morgan fingerprint density at radius 2 is 2.07 bits per heavy atom. The largest absolute Gasteiger partial charge is 0.379 e. The van der Waals surface area contributed by atoms with Crippen LogP contribution in [0.15, 0.2) is 36.4 Å². The van der Waals surface area contributed by atoms with Gasteiger partial charge in [-0.2, -0.15) is 0 Å². The van der Waals surface area contributed by atoms with E-state index in [2.05, 4.69) is 39.6 Å². The second-order valence-electron chi connectivity index (χ2n) is 6.38. The quantitative estimate of drug-likeness (QED) is 0.544. The molecule has 0 spiro atoms. The molecule has 1 fully saturated rings. The predicted molar refractivity (Wildman–Crippen MR) is 106 cm³/mol. The van der Waals surface area contributed by atoms with E-state index in [0.717, 1.165) is 45.0 Å². The van der Waals surface area contributed by atoms with Crippen LogP contribution >= 0.6 is 0 Å². The first-order chi connectivity index (χ1) is 13.2. The second-order valence-corrected chi connectivity index (χ2v) is 6.38. The highest BCUT2D eigenvalue weighted by Gasteiger charge is 2.17. The zero-order valence-corrected chi connectivity index (χ0v) is 15.5. The van der Waals surface area contributed by atoms with Crippen LogP contribution in [0.4, 0.5) is 23.0 Å². The van der Waals surface area contributed by atoms with Gasteiger partial charge in [0.2, 0.25) is 5.82 Å². The number of morpholine rings is 1. The number of aromatic nitrogens is 1. The molecule has 3 rings (SSSR count). The Hall–Kier alpha value is -2.71. The van der Waals surface area contributed by atoms with Gasteiger partial charge >= 0.3 is 5.69 Å². The maximum atomic E-state index is 11.3. The molecule has 0 saturated carbocycles. The standard InChI is InChI=1S/C19H25N5O3/c1-2-15-4-3-5-16(14-15)21-18-7-6-17(24(25)26)19(22-18)20-8-9-23-10-12-27-13-11-23/h3-7,14H,2,8-13H2,1H3,(H2,20,21,22). The van der Waals surface area contributed by atoms with Crippen LogP contribution in [0.5, 0.6) is 0 Å². The van der Waals surface area contributed by atoms with Crippen molar-refractivity contribution in [3.05, 3.63) is 52.1 Å². The third-order valence-electron chi connectivity index (χ3n) is 4.50. The van der Waals surface area contributed by atoms with Gasteiger partial charge in [-0.3, -0.25) is 15.0 Å². The predicted octanol–water partition coefficient (Wildman–Crippen LogP) is 3.04. The van der Waals surface area contributed by atoms with Gasteiger partial charge in [0.25, 0.3) is 0 Å². The normalized spacial score (nSPS) is 14.7. The maximum Gasteiger partial charge on any atom is 0.311 e. The molecule has 0 atom stereocenters. The van der Waals surface area contributed by atoms with E-state index in [-0.39, 0.29) is 11.5 Å². The molecule has 0 unspecified atom stereocenters. The van der Waals surface area contributed by atoms with Gasteiger partial charge in [0.05, 0.1) is 18.1 Å². The van der Waals surface area contributed by atoms with Crippen molar-refractivity contribution >= 4 is 23.0 Å². The number of anilines is 3. The van der Waals surface area contributed by atoms with Crippen molar-refractivity contribution in [2.24, 2.45) is 0 Å². The molecule has 2 aromatic rings. The average molecular weight is 371 g/mol. The van der Waals surface area contributed by atoms with E-state index in [4.69, 9.17) is 4.74 Å². The minimum Gasteiger partial charge on any atom is -0.379 e. The molecule has 2 heterocycles. The summed E-state index contributed by atoms with van der Waals surface area (Å²) < 4.78 is 5.33. The van der Waals surface area contributed by atoms with Crippen LogP contribution in [0.1, 0.15) is 12.5 Å². The summed E-state index contributed by atoms with van der Waals surface area (Å²) in [5.41, 5.74) is 2.10. The maximum absolute atomic E-state index is 11.3. The summed E-state index contributed by atoms with van der Waals surface area (Å²) in [6.07, 6.45) is 0.942. The first kappa shape index (κ1) is 19.1. The summed E-state index contributed by atoms with van der Waals surface area (Å²) in [6.45, 7) is 6.70. The van der Waals surface area contributed by atoms with Gasteiger partial charge in [-0.05, 0) is 30.2 Å². The van der Waals surface area contributed by atoms with Gasteiger partial charge in [-0.15, -0.1) is 0 Å². The number of hydrogen-bond acceptors (Lipinski definition) is 7. The zero-order valence-electron chi connectivity index (χ0n) is 15.5. The molecule has 27 heavy (non-hydrogen) atoms. The minimum absolute atomic E-state index is 0.0233. The summed E-state index contributed by atoms with van der Waals surface area (Å²) in [5.74, 6) is 0.854. The molecule has 8 nitrogen and oxygen atoms in total. The molecule has 1 aromatic heterocycles. The molecule has 0 radical (unpaired) electrons. The Labute approximate surface area is 158 Å². The van der Waals surface area contributed by atoms with Gasteiger partial charge in [0.15, 0.2) is 0 Å². The van der Waals surface area contributed by atoms with Crippen molar-refractivity contribution in [2.75, 3.05) is 50.0 Å². The van der Waals surface area contributed by atoms with E-state index in [0.29, 0.717) is 12.4 Å². The highest BCUT2D eigenvalue weighted by molar-refractivity contribution is 5.64. The van der Waals surface area contributed by atoms with Gasteiger partial charge in [0.1, 0.15) is 5.82 Å². The Bertz CT molecular complexity index is 778. The molecule has 1 saturated heterocycles. The number of benzene rings is 1. The third kappa shape index (κ3) is 5.38. The smallest absolute Gasteiger partial charge is 0.311 e. The van der Waals surface area contributed by atoms with E-state index in [1.807, 2.05) is 12.1 Å². The number of nitrogens with one attached hydrogen (secondary N) is 2. The van der Waals surface area contributed by atoms with Crippen molar-refractivity contribution < 1.29 is 9.66 Å². The highest BCUT2D eigenvalue weighted by atomic mass is 16.6. The molecular weight excluding hydrogens is 346 g/mol. The molecule has 2 N–H and O–H groups in total. The van der Waals surface area contributed by atoms with E-state index in [1.54, 1.807) is 6.07 Å². The van der Waals surface area contributed by atoms with Gasteiger partial charge in [0, 0.05) is 37.9 Å². The monoisotopic (exact) mass is 371 g/mol. The van der Waals surface area contributed by atoms with E-state index in [1.165, 1.54) is 11.6 Å². The van der Waals surface area contributed by atoms with Gasteiger partial charge < -0.3 is 15.4 Å². The first-order valence-corrected chi connectivity index (χ1v) is 9.21. The Kier molecular flexibility index (Phi) is 6.56. The van der Waals surface area contributed by atoms with Gasteiger partial charge in [-0.1, -0.05) is 19.1 Å². The summed E-state index contributed by atoms with van der Waals surface area (Å²) in [5, 5.41) is 17.7. The lowest BCUT2D eigenvalue weighted by Crippen LogP contribution is -2.39. The Morgan fingerprint density at radius 1 is 1.26 bits per heavy atom. The highest BCUT2D eigenvalue weighted by Crippen LogP contribution is 2.26. The molecule has 1 aromatic carbocycles. The van der Waals surface area contributed by atoms with Crippen LogP contribution < -0.4 is 10.6 Å². The van der Waals surface area contributed by atoms with E-state index < -0.39 is 4.92 Å². The van der Waals surface area contributed by atoms with Crippen LogP contribution in [0, 0.1) is 10.1 Å². The molecule has 8 heteroatoms. The average Bonchev–Trinajstić information content (AvgIpc) is 2.69. The number of hydrogen-bond donors (Lipinski definition) is 2. The Morgan fingerprint density at radius 3 is 2.81 bits per heavy atom. The van der Waals surface area contributed by atoms with Crippen molar-refractivity contribution in [3.8, 4) is 0 Å². The summed E-state index contributed by atoms with van der Waals surface area (Å²) >= 11 is 0. The Balaban J connectivity index is 1.68. The van der Waals surface area contributed by atoms with Crippen LogP contribution in [-0.4, -0.2) is 54.2 Å².